The first kappa shape index (κ1) is 11.7. The molecule has 0 bridgehead atoms. The Hall–Kier alpha value is -1.33. The smallest absolute Gasteiger partial charge is 0.307 e. The molecule has 0 fully saturated rings. The first-order chi connectivity index (χ1) is 7.17. The number of esters is 1. The van der Waals surface area contributed by atoms with Crippen LogP contribution in [0.3, 0.4) is 0 Å². The second-order valence-corrected chi connectivity index (χ2v) is 3.08. The molecule has 84 valence electrons. The van der Waals surface area contributed by atoms with Gasteiger partial charge in [-0.15, -0.1) is 0 Å². The quantitative estimate of drug-likeness (QED) is 0.704. The maximum absolute atomic E-state index is 11.1. The molecule has 0 aliphatic rings. The predicted octanol–water partition coefficient (Wildman–Crippen LogP) is 0.725. The first-order valence-electron chi connectivity index (χ1n) is 4.78. The Bertz CT molecular complexity index is 321. The summed E-state index contributed by atoms with van der Waals surface area (Å²) in [6.45, 7) is 1.90. The van der Waals surface area contributed by atoms with Crippen LogP contribution in [0.2, 0.25) is 0 Å². The fourth-order valence-corrected chi connectivity index (χ4v) is 1.18. The van der Waals surface area contributed by atoms with Gasteiger partial charge in [-0.3, -0.25) is 4.79 Å². The lowest BCUT2D eigenvalue weighted by Crippen LogP contribution is -2.16. The van der Waals surface area contributed by atoms with Crippen LogP contribution in [0.4, 0.5) is 0 Å². The van der Waals surface area contributed by atoms with Gasteiger partial charge in [-0.2, -0.15) is 0 Å². The molecule has 0 aliphatic carbocycles. The van der Waals surface area contributed by atoms with E-state index in [1.807, 2.05) is 0 Å². The van der Waals surface area contributed by atoms with Crippen LogP contribution in [-0.4, -0.2) is 17.7 Å². The second-order valence-electron chi connectivity index (χ2n) is 3.08. The van der Waals surface area contributed by atoms with E-state index in [9.17, 15) is 4.79 Å². The van der Waals surface area contributed by atoms with Crippen molar-refractivity contribution in [2.75, 3.05) is 6.61 Å². The van der Waals surface area contributed by atoms with Gasteiger partial charge in [0.15, 0.2) is 0 Å². The van der Waals surface area contributed by atoms with Crippen molar-refractivity contribution < 1.29 is 19.1 Å². The standard InChI is InChI=1S/C10H15NO4/c1-2-14-10(13)5-8(11)9-4-3-7(6-12)15-9/h3-4,8,12H,2,5-6,11H2,1H3/t8-/m1/s1. The molecule has 0 amide bonds. The second kappa shape index (κ2) is 5.53. The molecule has 1 atom stereocenters. The number of carbonyl (C=O) groups excluding carboxylic acids is 1. The van der Waals surface area contributed by atoms with Crippen molar-refractivity contribution in [3.05, 3.63) is 23.7 Å². The minimum Gasteiger partial charge on any atom is -0.466 e. The number of nitrogens with two attached hydrogens (primary N) is 1. The molecule has 0 radical (unpaired) electrons. The van der Waals surface area contributed by atoms with Gasteiger partial charge in [0.2, 0.25) is 0 Å². The van der Waals surface area contributed by atoms with Gasteiger partial charge in [0.1, 0.15) is 18.1 Å². The predicted molar refractivity (Wildman–Crippen MR) is 52.8 cm³/mol. The molecule has 0 saturated carbocycles. The van der Waals surface area contributed by atoms with E-state index in [0.717, 1.165) is 0 Å². The number of aliphatic hydroxyl groups excluding tert-OH is 1. The van der Waals surface area contributed by atoms with Crippen LogP contribution in [0.25, 0.3) is 0 Å². The highest BCUT2D eigenvalue weighted by molar-refractivity contribution is 5.70. The van der Waals surface area contributed by atoms with Crippen molar-refractivity contribution in [1.82, 2.24) is 0 Å². The summed E-state index contributed by atoms with van der Waals surface area (Å²) >= 11 is 0. The van der Waals surface area contributed by atoms with Gasteiger partial charge in [0.25, 0.3) is 0 Å². The molecule has 0 aliphatic heterocycles. The molecule has 15 heavy (non-hydrogen) atoms. The van der Waals surface area contributed by atoms with Crippen molar-refractivity contribution in [1.29, 1.82) is 0 Å². The topological polar surface area (TPSA) is 85.7 Å². The van der Waals surface area contributed by atoms with Crippen LogP contribution in [0.15, 0.2) is 16.5 Å². The van der Waals surface area contributed by atoms with Crippen LogP contribution in [0.1, 0.15) is 30.9 Å². The highest BCUT2D eigenvalue weighted by Gasteiger charge is 2.15. The molecule has 0 spiro atoms. The Labute approximate surface area is 87.8 Å². The summed E-state index contributed by atoms with van der Waals surface area (Å²) in [6, 6.07) is 2.75. The molecule has 5 heteroatoms. The number of furan rings is 1. The Kier molecular flexibility index (Phi) is 4.33. The monoisotopic (exact) mass is 213 g/mol. The molecule has 3 N–H and O–H groups in total. The van der Waals surface area contributed by atoms with Crippen LogP contribution >= 0.6 is 0 Å². The van der Waals surface area contributed by atoms with E-state index >= 15 is 0 Å². The normalized spacial score (nSPS) is 12.5. The number of ether oxygens (including phenoxy) is 1. The van der Waals surface area contributed by atoms with E-state index < -0.39 is 6.04 Å². The fourth-order valence-electron chi connectivity index (χ4n) is 1.18. The summed E-state index contributed by atoms with van der Waals surface area (Å²) in [5, 5.41) is 8.77. The van der Waals surface area contributed by atoms with Crippen molar-refractivity contribution in [2.24, 2.45) is 5.73 Å². The first-order valence-corrected chi connectivity index (χ1v) is 4.78. The van der Waals surface area contributed by atoms with Crippen molar-refractivity contribution >= 4 is 5.97 Å². The molecule has 5 nitrogen and oxygen atoms in total. The van der Waals surface area contributed by atoms with Gasteiger partial charge in [0, 0.05) is 0 Å². The van der Waals surface area contributed by atoms with Gasteiger partial charge in [0.05, 0.1) is 19.1 Å². The lowest BCUT2D eigenvalue weighted by atomic mass is 10.2. The van der Waals surface area contributed by atoms with E-state index in [1.165, 1.54) is 0 Å². The third-order valence-electron chi connectivity index (χ3n) is 1.90. The summed E-state index contributed by atoms with van der Waals surface area (Å²) < 4.78 is 9.95. The molecular weight excluding hydrogens is 198 g/mol. The van der Waals surface area contributed by atoms with E-state index in [-0.39, 0.29) is 19.0 Å². The van der Waals surface area contributed by atoms with Crippen LogP contribution in [-0.2, 0) is 16.1 Å². The largest absolute Gasteiger partial charge is 0.466 e. The summed E-state index contributed by atoms with van der Waals surface area (Å²) in [5.74, 6) is 0.559. The van der Waals surface area contributed by atoms with Crippen LogP contribution in [0.5, 0.6) is 0 Å². The average Bonchev–Trinajstić information content (AvgIpc) is 2.66. The van der Waals surface area contributed by atoms with Crippen molar-refractivity contribution in [2.45, 2.75) is 26.0 Å². The van der Waals surface area contributed by atoms with E-state index in [2.05, 4.69) is 0 Å². The highest BCUT2D eigenvalue weighted by Crippen LogP contribution is 2.17. The Morgan fingerprint density at radius 1 is 1.67 bits per heavy atom. The van der Waals surface area contributed by atoms with Gasteiger partial charge in [-0.05, 0) is 19.1 Å². The summed E-state index contributed by atoms with van der Waals surface area (Å²) in [5.41, 5.74) is 5.72. The van der Waals surface area contributed by atoms with Crippen LogP contribution in [0, 0.1) is 0 Å². The zero-order valence-electron chi connectivity index (χ0n) is 8.60. The van der Waals surface area contributed by atoms with Gasteiger partial charge in [-0.1, -0.05) is 0 Å². The number of hydrogen-bond donors (Lipinski definition) is 2. The van der Waals surface area contributed by atoms with E-state index in [0.29, 0.717) is 18.1 Å². The average molecular weight is 213 g/mol. The Balaban J connectivity index is 2.52. The Morgan fingerprint density at radius 3 is 2.93 bits per heavy atom. The minimum atomic E-state index is -0.524. The van der Waals surface area contributed by atoms with E-state index in [1.54, 1.807) is 19.1 Å². The zero-order valence-corrected chi connectivity index (χ0v) is 8.60. The summed E-state index contributed by atoms with van der Waals surface area (Å²) in [4.78, 5) is 11.1. The lowest BCUT2D eigenvalue weighted by Gasteiger charge is -2.07. The summed E-state index contributed by atoms with van der Waals surface area (Å²) in [7, 11) is 0. The Morgan fingerprint density at radius 2 is 2.40 bits per heavy atom. The van der Waals surface area contributed by atoms with Gasteiger partial charge >= 0.3 is 5.97 Å². The number of hydrogen-bond acceptors (Lipinski definition) is 5. The number of carbonyl (C=O) groups is 1. The highest BCUT2D eigenvalue weighted by atomic mass is 16.5. The maximum Gasteiger partial charge on any atom is 0.307 e. The van der Waals surface area contributed by atoms with Crippen LogP contribution < -0.4 is 5.73 Å². The van der Waals surface area contributed by atoms with E-state index in [4.69, 9.17) is 20.0 Å². The molecule has 1 heterocycles. The van der Waals surface area contributed by atoms with Crippen molar-refractivity contribution in [3.63, 3.8) is 0 Å². The lowest BCUT2D eigenvalue weighted by molar-refractivity contribution is -0.143. The molecule has 1 aromatic rings. The molecule has 0 saturated heterocycles. The van der Waals surface area contributed by atoms with Crippen molar-refractivity contribution in [3.8, 4) is 0 Å². The number of aliphatic hydroxyl groups is 1. The molecule has 0 unspecified atom stereocenters. The fraction of sp³-hybridized carbons (Fsp3) is 0.500. The zero-order chi connectivity index (χ0) is 11.3. The minimum absolute atomic E-state index is 0.0756. The number of rotatable bonds is 5. The third-order valence-corrected chi connectivity index (χ3v) is 1.90. The molecule has 0 aromatic carbocycles. The molecule has 1 aromatic heterocycles. The summed E-state index contributed by atoms with van der Waals surface area (Å²) in [6.07, 6.45) is 0.0756. The molecular formula is C10H15NO4. The SMILES string of the molecule is CCOC(=O)C[C@@H](N)c1ccc(CO)o1. The van der Waals surface area contributed by atoms with Gasteiger partial charge < -0.3 is 20.0 Å². The third kappa shape index (κ3) is 3.38. The maximum atomic E-state index is 11.1. The van der Waals surface area contributed by atoms with Gasteiger partial charge in [-0.25, -0.2) is 0 Å². The molecule has 1 rings (SSSR count).